The average Bonchev–Trinajstić information content (AvgIpc) is 2.37. The number of pyridine rings is 1. The lowest BCUT2D eigenvalue weighted by molar-refractivity contribution is -0.136. The standard InChI is InChI=1S/C13H16BrN3O3/c1-8(2)20-11-5-4-10(7-15-11)17-13(19)12(18)16-6-9(3)14/h4-5,7-8H,3,6H2,1-2H3,(H,16,18)(H,17,19). The fourth-order valence-corrected chi connectivity index (χ4v) is 1.35. The van der Waals surface area contributed by atoms with Gasteiger partial charge in [-0.1, -0.05) is 22.5 Å². The van der Waals surface area contributed by atoms with E-state index in [4.69, 9.17) is 4.74 Å². The van der Waals surface area contributed by atoms with Crippen LogP contribution in [0.3, 0.4) is 0 Å². The zero-order chi connectivity index (χ0) is 15.1. The number of amides is 2. The van der Waals surface area contributed by atoms with Gasteiger partial charge in [-0.3, -0.25) is 9.59 Å². The van der Waals surface area contributed by atoms with Crippen LogP contribution in [0.5, 0.6) is 5.88 Å². The molecule has 0 fully saturated rings. The Balaban J connectivity index is 2.53. The maximum absolute atomic E-state index is 11.6. The largest absolute Gasteiger partial charge is 0.475 e. The van der Waals surface area contributed by atoms with Crippen molar-refractivity contribution in [3.8, 4) is 5.88 Å². The minimum Gasteiger partial charge on any atom is -0.475 e. The highest BCUT2D eigenvalue weighted by Crippen LogP contribution is 2.12. The first kappa shape index (κ1) is 16.2. The predicted molar refractivity (Wildman–Crippen MR) is 79.7 cm³/mol. The van der Waals surface area contributed by atoms with Crippen molar-refractivity contribution in [3.63, 3.8) is 0 Å². The summed E-state index contributed by atoms with van der Waals surface area (Å²) in [5.41, 5.74) is 0.416. The van der Waals surface area contributed by atoms with Crippen molar-refractivity contribution in [2.45, 2.75) is 20.0 Å². The number of anilines is 1. The Morgan fingerprint density at radius 1 is 1.40 bits per heavy atom. The number of nitrogens with one attached hydrogen (secondary N) is 2. The molecule has 2 N–H and O–H groups in total. The topological polar surface area (TPSA) is 80.3 Å². The highest BCUT2D eigenvalue weighted by molar-refractivity contribution is 9.11. The van der Waals surface area contributed by atoms with Crippen molar-refractivity contribution in [2.24, 2.45) is 0 Å². The highest BCUT2D eigenvalue weighted by Gasteiger charge is 2.13. The SMILES string of the molecule is C=C(Br)CNC(=O)C(=O)Nc1ccc(OC(C)C)nc1. The van der Waals surface area contributed by atoms with Gasteiger partial charge in [0.2, 0.25) is 5.88 Å². The van der Waals surface area contributed by atoms with Crippen molar-refractivity contribution in [1.29, 1.82) is 0 Å². The summed E-state index contributed by atoms with van der Waals surface area (Å²) >= 11 is 3.08. The van der Waals surface area contributed by atoms with E-state index in [0.717, 1.165) is 0 Å². The number of ether oxygens (including phenoxy) is 1. The van der Waals surface area contributed by atoms with E-state index in [1.807, 2.05) is 13.8 Å². The van der Waals surface area contributed by atoms with Crippen LogP contribution < -0.4 is 15.4 Å². The summed E-state index contributed by atoms with van der Waals surface area (Å²) in [5, 5.41) is 4.83. The Labute approximate surface area is 125 Å². The summed E-state index contributed by atoms with van der Waals surface area (Å²) in [5.74, 6) is -1.05. The Kier molecular flexibility index (Phi) is 6.17. The first-order valence-electron chi connectivity index (χ1n) is 5.93. The lowest BCUT2D eigenvalue weighted by Crippen LogP contribution is -2.35. The molecule has 0 saturated carbocycles. The molecule has 1 rings (SSSR count). The molecule has 0 aliphatic rings. The fraction of sp³-hybridized carbons (Fsp3) is 0.308. The lowest BCUT2D eigenvalue weighted by atomic mass is 10.4. The van der Waals surface area contributed by atoms with Crippen molar-refractivity contribution >= 4 is 33.4 Å². The number of rotatable bonds is 5. The molecule has 108 valence electrons. The molecule has 0 aromatic carbocycles. The van der Waals surface area contributed by atoms with E-state index in [2.05, 4.69) is 38.1 Å². The van der Waals surface area contributed by atoms with Gasteiger partial charge < -0.3 is 15.4 Å². The molecule has 2 amide bonds. The number of halogens is 1. The van der Waals surface area contributed by atoms with E-state index >= 15 is 0 Å². The molecule has 0 aliphatic heterocycles. The van der Waals surface area contributed by atoms with Crippen molar-refractivity contribution < 1.29 is 14.3 Å². The van der Waals surface area contributed by atoms with Gasteiger partial charge in [-0.25, -0.2) is 4.98 Å². The van der Waals surface area contributed by atoms with Crippen LogP contribution in [0.2, 0.25) is 0 Å². The summed E-state index contributed by atoms with van der Waals surface area (Å²) < 4.78 is 5.95. The molecule has 1 aromatic heterocycles. The third kappa shape index (κ3) is 5.83. The third-order valence-corrected chi connectivity index (χ3v) is 2.28. The Bertz CT molecular complexity index is 500. The fourth-order valence-electron chi connectivity index (χ4n) is 1.21. The van der Waals surface area contributed by atoms with Gasteiger partial charge in [0, 0.05) is 17.1 Å². The van der Waals surface area contributed by atoms with E-state index in [1.54, 1.807) is 12.1 Å². The Morgan fingerprint density at radius 3 is 2.60 bits per heavy atom. The Hall–Kier alpha value is -1.89. The molecular formula is C13H16BrN3O3. The van der Waals surface area contributed by atoms with E-state index in [-0.39, 0.29) is 12.6 Å². The number of carbonyl (C=O) groups is 2. The third-order valence-electron chi connectivity index (χ3n) is 2.00. The van der Waals surface area contributed by atoms with E-state index in [9.17, 15) is 9.59 Å². The smallest absolute Gasteiger partial charge is 0.313 e. The molecule has 0 atom stereocenters. The van der Waals surface area contributed by atoms with Crippen molar-refractivity contribution in [2.75, 3.05) is 11.9 Å². The van der Waals surface area contributed by atoms with Crippen LogP contribution >= 0.6 is 15.9 Å². The minimum atomic E-state index is -0.766. The second kappa shape index (κ2) is 7.64. The maximum atomic E-state index is 11.6. The molecule has 6 nitrogen and oxygen atoms in total. The molecule has 0 bridgehead atoms. The monoisotopic (exact) mass is 341 g/mol. The normalized spacial score (nSPS) is 10.0. The van der Waals surface area contributed by atoms with Gasteiger partial charge in [0.05, 0.1) is 18.0 Å². The van der Waals surface area contributed by atoms with Gasteiger partial charge in [-0.05, 0) is 19.9 Å². The van der Waals surface area contributed by atoms with Gasteiger partial charge in [-0.15, -0.1) is 0 Å². The molecule has 0 radical (unpaired) electrons. The van der Waals surface area contributed by atoms with Crippen LogP contribution in [0.15, 0.2) is 29.4 Å². The number of nitrogens with zero attached hydrogens (tertiary/aromatic N) is 1. The predicted octanol–water partition coefficient (Wildman–Crippen LogP) is 1.83. The lowest BCUT2D eigenvalue weighted by Gasteiger charge is -2.09. The molecule has 1 aromatic rings. The summed E-state index contributed by atoms with van der Waals surface area (Å²) in [4.78, 5) is 27.0. The molecule has 0 spiro atoms. The van der Waals surface area contributed by atoms with Gasteiger partial charge in [-0.2, -0.15) is 0 Å². The van der Waals surface area contributed by atoms with Crippen molar-refractivity contribution in [1.82, 2.24) is 10.3 Å². The van der Waals surface area contributed by atoms with Crippen LogP contribution in [0, 0.1) is 0 Å². The summed E-state index contributed by atoms with van der Waals surface area (Å²) in [6.07, 6.45) is 1.44. The minimum absolute atomic E-state index is 0.0195. The summed E-state index contributed by atoms with van der Waals surface area (Å²) in [7, 11) is 0. The Morgan fingerprint density at radius 2 is 2.10 bits per heavy atom. The zero-order valence-electron chi connectivity index (χ0n) is 11.3. The molecule has 7 heteroatoms. The molecule has 0 unspecified atom stereocenters. The molecule has 20 heavy (non-hydrogen) atoms. The second-order valence-electron chi connectivity index (χ2n) is 4.21. The van der Waals surface area contributed by atoms with Crippen molar-refractivity contribution in [3.05, 3.63) is 29.4 Å². The summed E-state index contributed by atoms with van der Waals surface area (Å²) in [6, 6.07) is 3.23. The quantitative estimate of drug-likeness (QED) is 0.800. The molecular weight excluding hydrogens is 326 g/mol. The number of hydrogen-bond donors (Lipinski definition) is 2. The highest BCUT2D eigenvalue weighted by atomic mass is 79.9. The number of hydrogen-bond acceptors (Lipinski definition) is 4. The van der Waals surface area contributed by atoms with Gasteiger partial charge in [0.1, 0.15) is 0 Å². The van der Waals surface area contributed by atoms with E-state index < -0.39 is 11.8 Å². The van der Waals surface area contributed by atoms with Crippen LogP contribution in [0.1, 0.15) is 13.8 Å². The number of carbonyl (C=O) groups excluding carboxylic acids is 2. The van der Waals surface area contributed by atoms with E-state index in [0.29, 0.717) is 16.0 Å². The number of aromatic nitrogens is 1. The molecule has 0 aliphatic carbocycles. The zero-order valence-corrected chi connectivity index (χ0v) is 12.9. The summed E-state index contributed by atoms with van der Waals surface area (Å²) in [6.45, 7) is 7.51. The average molecular weight is 342 g/mol. The first-order valence-corrected chi connectivity index (χ1v) is 6.73. The maximum Gasteiger partial charge on any atom is 0.313 e. The molecule has 1 heterocycles. The van der Waals surface area contributed by atoms with Crippen LogP contribution in [-0.4, -0.2) is 29.4 Å². The second-order valence-corrected chi connectivity index (χ2v) is 5.33. The van der Waals surface area contributed by atoms with Gasteiger partial charge >= 0.3 is 11.8 Å². The van der Waals surface area contributed by atoms with Gasteiger partial charge in [0.15, 0.2) is 0 Å². The van der Waals surface area contributed by atoms with Gasteiger partial charge in [0.25, 0.3) is 0 Å². The van der Waals surface area contributed by atoms with E-state index in [1.165, 1.54) is 6.20 Å². The van der Waals surface area contributed by atoms with Crippen LogP contribution in [0.25, 0.3) is 0 Å². The molecule has 0 saturated heterocycles. The van der Waals surface area contributed by atoms with Crippen LogP contribution in [0.4, 0.5) is 5.69 Å². The first-order chi connectivity index (χ1) is 9.38. The van der Waals surface area contributed by atoms with Crippen LogP contribution in [-0.2, 0) is 9.59 Å².